The SMILES string of the molecule is CN(C)C(=O)Oc1c(Cl)cccc1Cl. The van der Waals surface area contributed by atoms with E-state index < -0.39 is 6.09 Å². The molecule has 0 aromatic heterocycles. The molecule has 1 amide bonds. The third kappa shape index (κ3) is 2.53. The van der Waals surface area contributed by atoms with Gasteiger partial charge in [-0.05, 0) is 12.1 Å². The van der Waals surface area contributed by atoms with Crippen molar-refractivity contribution in [3.63, 3.8) is 0 Å². The lowest BCUT2D eigenvalue weighted by Crippen LogP contribution is -2.25. The summed E-state index contributed by atoms with van der Waals surface area (Å²) in [4.78, 5) is 12.5. The molecular weight excluding hydrogens is 225 g/mol. The van der Waals surface area contributed by atoms with E-state index in [1.54, 1.807) is 32.3 Å². The summed E-state index contributed by atoms with van der Waals surface area (Å²) in [5.74, 6) is 0.189. The van der Waals surface area contributed by atoms with Crippen LogP contribution < -0.4 is 4.74 Å². The molecule has 1 rings (SSSR count). The van der Waals surface area contributed by atoms with Gasteiger partial charge in [-0.3, -0.25) is 0 Å². The molecule has 3 nitrogen and oxygen atoms in total. The van der Waals surface area contributed by atoms with Crippen molar-refractivity contribution in [1.29, 1.82) is 0 Å². The van der Waals surface area contributed by atoms with E-state index in [0.29, 0.717) is 10.0 Å². The van der Waals surface area contributed by atoms with Crippen LogP contribution in [0.5, 0.6) is 5.75 Å². The lowest BCUT2D eigenvalue weighted by Gasteiger charge is -2.12. The van der Waals surface area contributed by atoms with Crippen LogP contribution in [-0.2, 0) is 0 Å². The molecular formula is C9H9Cl2NO2. The Morgan fingerprint density at radius 3 is 2.21 bits per heavy atom. The first-order chi connectivity index (χ1) is 6.52. The molecule has 0 saturated heterocycles. The number of carbonyl (C=O) groups is 1. The highest BCUT2D eigenvalue weighted by molar-refractivity contribution is 6.37. The summed E-state index contributed by atoms with van der Waals surface area (Å²) in [6, 6.07) is 4.88. The molecule has 0 saturated carbocycles. The van der Waals surface area contributed by atoms with Gasteiger partial charge in [-0.25, -0.2) is 4.79 Å². The molecule has 76 valence electrons. The first kappa shape index (κ1) is 11.1. The van der Waals surface area contributed by atoms with Gasteiger partial charge in [0.05, 0.1) is 10.0 Å². The van der Waals surface area contributed by atoms with Gasteiger partial charge in [-0.15, -0.1) is 0 Å². The second-order valence-corrected chi connectivity index (χ2v) is 3.63. The van der Waals surface area contributed by atoms with Crippen molar-refractivity contribution in [3.8, 4) is 5.75 Å². The highest BCUT2D eigenvalue weighted by atomic mass is 35.5. The maximum Gasteiger partial charge on any atom is 0.414 e. The van der Waals surface area contributed by atoms with Crippen molar-refractivity contribution in [2.45, 2.75) is 0 Å². The number of carbonyl (C=O) groups excluding carboxylic acids is 1. The fourth-order valence-electron chi connectivity index (χ4n) is 0.759. The number of rotatable bonds is 1. The minimum Gasteiger partial charge on any atom is -0.407 e. The standard InChI is InChI=1S/C9H9Cl2NO2/c1-12(2)9(13)14-8-6(10)4-3-5-7(8)11/h3-5H,1-2H3. The van der Waals surface area contributed by atoms with Crippen LogP contribution in [0.3, 0.4) is 0 Å². The second-order valence-electron chi connectivity index (χ2n) is 2.81. The minimum absolute atomic E-state index is 0.189. The fourth-order valence-corrected chi connectivity index (χ4v) is 1.23. The third-order valence-corrected chi connectivity index (χ3v) is 2.07. The van der Waals surface area contributed by atoms with Crippen LogP contribution in [0.2, 0.25) is 10.0 Å². The highest BCUT2D eigenvalue weighted by Gasteiger charge is 2.12. The lowest BCUT2D eigenvalue weighted by atomic mass is 10.3. The van der Waals surface area contributed by atoms with Gasteiger partial charge in [0.25, 0.3) is 0 Å². The summed E-state index contributed by atoms with van der Waals surface area (Å²) in [7, 11) is 3.15. The molecule has 0 bridgehead atoms. The topological polar surface area (TPSA) is 29.5 Å². The molecule has 0 N–H and O–H groups in total. The Balaban J connectivity index is 2.91. The first-order valence-electron chi connectivity index (χ1n) is 3.85. The van der Waals surface area contributed by atoms with Crippen molar-refractivity contribution in [2.75, 3.05) is 14.1 Å². The highest BCUT2D eigenvalue weighted by Crippen LogP contribution is 2.32. The number of nitrogens with zero attached hydrogens (tertiary/aromatic N) is 1. The lowest BCUT2D eigenvalue weighted by molar-refractivity contribution is 0.172. The summed E-state index contributed by atoms with van der Waals surface area (Å²) < 4.78 is 4.96. The summed E-state index contributed by atoms with van der Waals surface area (Å²) >= 11 is 11.6. The molecule has 0 aliphatic heterocycles. The number of para-hydroxylation sites is 1. The van der Waals surface area contributed by atoms with Gasteiger partial charge < -0.3 is 9.64 Å². The van der Waals surface area contributed by atoms with Gasteiger partial charge in [0.2, 0.25) is 0 Å². The Labute approximate surface area is 92.2 Å². The zero-order valence-corrected chi connectivity index (χ0v) is 9.26. The molecule has 5 heteroatoms. The van der Waals surface area contributed by atoms with E-state index >= 15 is 0 Å². The molecule has 0 heterocycles. The summed E-state index contributed by atoms with van der Waals surface area (Å²) in [6.07, 6.45) is -0.514. The molecule has 0 atom stereocenters. The predicted molar refractivity (Wildman–Crippen MR) is 56.2 cm³/mol. The second kappa shape index (κ2) is 4.53. The molecule has 0 fully saturated rings. The molecule has 1 aromatic rings. The number of benzene rings is 1. The Hall–Kier alpha value is -0.930. The average molecular weight is 234 g/mol. The van der Waals surface area contributed by atoms with E-state index in [2.05, 4.69) is 0 Å². The van der Waals surface area contributed by atoms with Crippen LogP contribution in [0.25, 0.3) is 0 Å². The van der Waals surface area contributed by atoms with E-state index in [-0.39, 0.29) is 5.75 Å². The van der Waals surface area contributed by atoms with Crippen LogP contribution in [0.4, 0.5) is 4.79 Å². The van der Waals surface area contributed by atoms with Crippen molar-refractivity contribution in [3.05, 3.63) is 28.2 Å². The van der Waals surface area contributed by atoms with Gasteiger partial charge in [-0.2, -0.15) is 0 Å². The molecule has 0 aliphatic carbocycles. The summed E-state index contributed by atoms with van der Waals surface area (Å²) in [5, 5.41) is 0.625. The third-order valence-electron chi connectivity index (χ3n) is 1.47. The van der Waals surface area contributed by atoms with Gasteiger partial charge >= 0.3 is 6.09 Å². The van der Waals surface area contributed by atoms with Crippen molar-refractivity contribution in [2.24, 2.45) is 0 Å². The largest absolute Gasteiger partial charge is 0.414 e. The molecule has 0 spiro atoms. The first-order valence-corrected chi connectivity index (χ1v) is 4.61. The van der Waals surface area contributed by atoms with E-state index in [1.165, 1.54) is 4.90 Å². The number of hydrogen-bond acceptors (Lipinski definition) is 2. The maximum atomic E-state index is 11.2. The van der Waals surface area contributed by atoms with Crippen LogP contribution in [-0.4, -0.2) is 25.1 Å². The number of amides is 1. The molecule has 1 aromatic carbocycles. The van der Waals surface area contributed by atoms with E-state index in [4.69, 9.17) is 27.9 Å². The number of ether oxygens (including phenoxy) is 1. The van der Waals surface area contributed by atoms with E-state index in [9.17, 15) is 4.79 Å². The van der Waals surface area contributed by atoms with Gasteiger partial charge in [0.1, 0.15) is 0 Å². The van der Waals surface area contributed by atoms with Gasteiger partial charge in [0, 0.05) is 14.1 Å². The fraction of sp³-hybridized carbons (Fsp3) is 0.222. The quantitative estimate of drug-likeness (QED) is 0.747. The Bertz CT molecular complexity index is 332. The zero-order chi connectivity index (χ0) is 10.7. The average Bonchev–Trinajstić information content (AvgIpc) is 2.11. The number of halogens is 2. The van der Waals surface area contributed by atoms with Crippen molar-refractivity contribution in [1.82, 2.24) is 4.90 Å². The Morgan fingerprint density at radius 1 is 1.29 bits per heavy atom. The van der Waals surface area contributed by atoms with Crippen LogP contribution >= 0.6 is 23.2 Å². The predicted octanol–water partition coefficient (Wildman–Crippen LogP) is 3.05. The molecule has 14 heavy (non-hydrogen) atoms. The monoisotopic (exact) mass is 233 g/mol. The maximum absolute atomic E-state index is 11.2. The van der Waals surface area contributed by atoms with E-state index in [0.717, 1.165) is 0 Å². The van der Waals surface area contributed by atoms with Crippen LogP contribution in [0.15, 0.2) is 18.2 Å². The van der Waals surface area contributed by atoms with Crippen molar-refractivity contribution < 1.29 is 9.53 Å². The summed E-state index contributed by atoms with van der Waals surface area (Å²) in [5.41, 5.74) is 0. The summed E-state index contributed by atoms with van der Waals surface area (Å²) in [6.45, 7) is 0. The van der Waals surface area contributed by atoms with Crippen LogP contribution in [0, 0.1) is 0 Å². The zero-order valence-electron chi connectivity index (χ0n) is 7.75. The van der Waals surface area contributed by atoms with Gasteiger partial charge in [-0.1, -0.05) is 29.3 Å². The van der Waals surface area contributed by atoms with Crippen LogP contribution in [0.1, 0.15) is 0 Å². The number of hydrogen-bond donors (Lipinski definition) is 0. The van der Waals surface area contributed by atoms with E-state index in [1.807, 2.05) is 0 Å². The molecule has 0 radical (unpaired) electrons. The minimum atomic E-state index is -0.514. The Morgan fingerprint density at radius 2 is 1.79 bits per heavy atom. The van der Waals surface area contributed by atoms with Gasteiger partial charge in [0.15, 0.2) is 5.75 Å². The smallest absolute Gasteiger partial charge is 0.407 e. The normalized spacial score (nSPS) is 9.71. The van der Waals surface area contributed by atoms with Crippen molar-refractivity contribution >= 4 is 29.3 Å². The Kier molecular flexibility index (Phi) is 3.61. The molecule has 0 aliphatic rings. The molecule has 0 unspecified atom stereocenters.